The maximum absolute atomic E-state index is 5.55. The van der Waals surface area contributed by atoms with Crippen molar-refractivity contribution in [2.24, 2.45) is 27.2 Å². The Bertz CT molecular complexity index is 379. The summed E-state index contributed by atoms with van der Waals surface area (Å²) in [6.07, 6.45) is 3.14. The molecule has 6 N–H and O–H groups in total. The number of hydrogen-bond acceptors (Lipinski definition) is 2. The summed E-state index contributed by atoms with van der Waals surface area (Å²) in [4.78, 5) is 9.26. The predicted molar refractivity (Wildman–Crippen MR) is 74.2 cm³/mol. The molecule has 0 spiro atoms. The molecule has 1 rings (SSSR count). The van der Waals surface area contributed by atoms with Crippen molar-refractivity contribution in [2.75, 3.05) is 0 Å². The van der Waals surface area contributed by atoms with Crippen LogP contribution in [0.15, 0.2) is 27.5 Å². The molecule has 1 unspecified atom stereocenters. The minimum atomic E-state index is -0.0583. The lowest BCUT2D eigenvalue weighted by atomic mass is 10.1. The number of aryl methyl sites for hydroxylation is 1. The molecule has 0 fully saturated rings. The summed E-state index contributed by atoms with van der Waals surface area (Å²) in [6.45, 7) is 2.00. The van der Waals surface area contributed by atoms with Gasteiger partial charge in [0.25, 0.3) is 0 Å². The Hall–Kier alpha value is -1.56. The summed E-state index contributed by atoms with van der Waals surface area (Å²) in [6, 6.07) is 4.35. The van der Waals surface area contributed by atoms with E-state index in [9.17, 15) is 0 Å². The van der Waals surface area contributed by atoms with E-state index in [-0.39, 0.29) is 18.0 Å². The first-order valence-corrected chi connectivity index (χ1v) is 6.41. The molecule has 0 aliphatic heterocycles. The number of thiophene rings is 1. The van der Waals surface area contributed by atoms with Crippen LogP contribution in [0.4, 0.5) is 0 Å². The van der Waals surface area contributed by atoms with Crippen LogP contribution in [0.25, 0.3) is 0 Å². The van der Waals surface area contributed by atoms with Gasteiger partial charge in [-0.15, -0.1) is 11.3 Å². The highest BCUT2D eigenvalue weighted by molar-refractivity contribution is 7.09. The Morgan fingerprint density at radius 2 is 2.18 bits per heavy atom. The minimum absolute atomic E-state index is 0.0583. The molecule has 5 nitrogen and oxygen atoms in total. The van der Waals surface area contributed by atoms with Crippen LogP contribution in [0, 0.1) is 0 Å². The van der Waals surface area contributed by atoms with Gasteiger partial charge in [0.05, 0.1) is 6.04 Å². The zero-order valence-corrected chi connectivity index (χ0v) is 10.8. The lowest BCUT2D eigenvalue weighted by Crippen LogP contribution is -2.27. The normalized spacial score (nSPS) is 13.4. The fourth-order valence-corrected chi connectivity index (χ4v) is 2.23. The summed E-state index contributed by atoms with van der Waals surface area (Å²) in [7, 11) is 0. The molecule has 17 heavy (non-hydrogen) atoms. The highest BCUT2D eigenvalue weighted by atomic mass is 32.1. The Kier molecular flexibility index (Phi) is 5.48. The van der Waals surface area contributed by atoms with E-state index < -0.39 is 0 Å². The minimum Gasteiger partial charge on any atom is -0.370 e. The molecule has 1 aromatic rings. The maximum Gasteiger partial charge on any atom is 0.218 e. The quantitative estimate of drug-likeness (QED) is 0.539. The van der Waals surface area contributed by atoms with Gasteiger partial charge in [0.1, 0.15) is 0 Å². The zero-order chi connectivity index (χ0) is 12.7. The van der Waals surface area contributed by atoms with Gasteiger partial charge < -0.3 is 17.2 Å². The number of guanidine groups is 2. The molecule has 1 atom stereocenters. The van der Waals surface area contributed by atoms with Crippen LogP contribution in [-0.4, -0.2) is 18.0 Å². The number of rotatable bonds is 5. The second-order valence-corrected chi connectivity index (χ2v) is 4.88. The van der Waals surface area contributed by atoms with Gasteiger partial charge in [-0.25, -0.2) is 4.99 Å². The highest BCUT2D eigenvalue weighted by Gasteiger charge is 2.01. The number of hydrogen-bond donors (Lipinski definition) is 3. The molecule has 6 heteroatoms. The van der Waals surface area contributed by atoms with Gasteiger partial charge in [-0.3, -0.25) is 0 Å². The van der Waals surface area contributed by atoms with Crippen molar-refractivity contribution in [1.29, 1.82) is 0 Å². The van der Waals surface area contributed by atoms with E-state index >= 15 is 0 Å². The lowest BCUT2D eigenvalue weighted by Gasteiger charge is -2.05. The standard InChI is InChI=1S/C11H19N5S/c1-8(15-11(14)16-10(12)13)4-2-5-9-6-3-7-17-9/h3,6-8H,2,4-5H2,1H3,(H6,12,13,14,15,16). The molecule has 0 amide bonds. The monoisotopic (exact) mass is 253 g/mol. The molecule has 1 aromatic heterocycles. The Labute approximate surface area is 105 Å². The molecule has 0 aliphatic rings. The van der Waals surface area contributed by atoms with E-state index in [0.29, 0.717) is 0 Å². The fraction of sp³-hybridized carbons (Fsp3) is 0.455. The van der Waals surface area contributed by atoms with Gasteiger partial charge in [-0.2, -0.15) is 4.99 Å². The highest BCUT2D eigenvalue weighted by Crippen LogP contribution is 2.13. The molecule has 0 saturated heterocycles. The van der Waals surface area contributed by atoms with Crippen molar-refractivity contribution in [3.05, 3.63) is 22.4 Å². The maximum atomic E-state index is 5.55. The van der Waals surface area contributed by atoms with Crippen molar-refractivity contribution in [3.63, 3.8) is 0 Å². The molecular weight excluding hydrogens is 234 g/mol. The van der Waals surface area contributed by atoms with Crippen molar-refractivity contribution in [2.45, 2.75) is 32.2 Å². The topological polar surface area (TPSA) is 103 Å². The van der Waals surface area contributed by atoms with E-state index in [0.717, 1.165) is 19.3 Å². The number of aliphatic imine (C=N–C) groups is 2. The average Bonchev–Trinajstić information content (AvgIpc) is 2.68. The van der Waals surface area contributed by atoms with Gasteiger partial charge in [-0.05, 0) is 37.6 Å². The second kappa shape index (κ2) is 6.90. The Morgan fingerprint density at radius 1 is 1.41 bits per heavy atom. The van der Waals surface area contributed by atoms with Crippen LogP contribution in [0.5, 0.6) is 0 Å². The predicted octanol–water partition coefficient (Wildman–Crippen LogP) is 1.05. The molecule has 0 saturated carbocycles. The number of nitrogens with two attached hydrogens (primary N) is 3. The Balaban J connectivity index is 2.30. The molecule has 0 aliphatic carbocycles. The SMILES string of the molecule is CC(CCCc1cccs1)N=C(N)N=C(N)N. The van der Waals surface area contributed by atoms with E-state index in [2.05, 4.69) is 27.5 Å². The lowest BCUT2D eigenvalue weighted by molar-refractivity contribution is 0.628. The second-order valence-electron chi connectivity index (χ2n) is 3.84. The third kappa shape index (κ3) is 5.91. The number of nitrogens with zero attached hydrogens (tertiary/aromatic N) is 2. The van der Waals surface area contributed by atoms with Gasteiger partial charge in [-0.1, -0.05) is 6.07 Å². The van der Waals surface area contributed by atoms with Gasteiger partial charge in [0, 0.05) is 4.88 Å². The molecule has 1 heterocycles. The molecule has 0 bridgehead atoms. The molecule has 0 radical (unpaired) electrons. The van der Waals surface area contributed by atoms with Gasteiger partial charge >= 0.3 is 0 Å². The summed E-state index contributed by atoms with van der Waals surface area (Å²) >= 11 is 1.78. The third-order valence-electron chi connectivity index (χ3n) is 2.22. The van der Waals surface area contributed by atoms with E-state index in [4.69, 9.17) is 17.2 Å². The van der Waals surface area contributed by atoms with E-state index in [1.165, 1.54) is 4.88 Å². The van der Waals surface area contributed by atoms with Crippen LogP contribution < -0.4 is 17.2 Å². The van der Waals surface area contributed by atoms with Crippen molar-refractivity contribution >= 4 is 23.3 Å². The zero-order valence-electron chi connectivity index (χ0n) is 9.97. The van der Waals surface area contributed by atoms with Gasteiger partial charge in [0.15, 0.2) is 5.96 Å². The average molecular weight is 253 g/mol. The molecule has 94 valence electrons. The Morgan fingerprint density at radius 3 is 2.76 bits per heavy atom. The van der Waals surface area contributed by atoms with E-state index in [1.54, 1.807) is 11.3 Å². The largest absolute Gasteiger partial charge is 0.370 e. The van der Waals surface area contributed by atoms with E-state index in [1.807, 2.05) is 6.92 Å². The first-order valence-electron chi connectivity index (χ1n) is 5.53. The van der Waals surface area contributed by atoms with Crippen molar-refractivity contribution in [3.8, 4) is 0 Å². The molecular formula is C11H19N5S. The fourth-order valence-electron chi connectivity index (χ4n) is 1.48. The third-order valence-corrected chi connectivity index (χ3v) is 3.16. The van der Waals surface area contributed by atoms with Crippen LogP contribution in [-0.2, 0) is 6.42 Å². The van der Waals surface area contributed by atoms with Crippen LogP contribution in [0.1, 0.15) is 24.6 Å². The first-order chi connectivity index (χ1) is 8.08. The van der Waals surface area contributed by atoms with Gasteiger partial charge in [0.2, 0.25) is 5.96 Å². The first kappa shape index (κ1) is 13.5. The van der Waals surface area contributed by atoms with Crippen LogP contribution in [0.2, 0.25) is 0 Å². The van der Waals surface area contributed by atoms with Crippen LogP contribution in [0.3, 0.4) is 0 Å². The smallest absolute Gasteiger partial charge is 0.218 e. The summed E-state index contributed by atoms with van der Waals surface area (Å²) in [5.41, 5.74) is 15.9. The summed E-state index contributed by atoms with van der Waals surface area (Å²) in [5, 5.41) is 2.09. The van der Waals surface area contributed by atoms with Crippen molar-refractivity contribution < 1.29 is 0 Å². The van der Waals surface area contributed by atoms with Crippen molar-refractivity contribution in [1.82, 2.24) is 0 Å². The van der Waals surface area contributed by atoms with Crippen LogP contribution >= 0.6 is 11.3 Å². The summed E-state index contributed by atoms with van der Waals surface area (Å²) < 4.78 is 0. The summed E-state index contributed by atoms with van der Waals surface area (Å²) in [5.74, 6) is 0.0886. The molecule has 0 aromatic carbocycles.